The number of carbonyl (C=O) groups is 3. The van der Waals surface area contributed by atoms with Crippen LogP contribution in [0.3, 0.4) is 0 Å². The highest BCUT2D eigenvalue weighted by molar-refractivity contribution is 5.97. The number of aryl methyl sites for hydroxylation is 1. The van der Waals surface area contributed by atoms with Gasteiger partial charge in [-0.05, 0) is 31.2 Å². The maximum Gasteiger partial charge on any atom is 0.338 e. The molecule has 2 rings (SSSR count). The monoisotopic (exact) mass is 316 g/mol. The van der Waals surface area contributed by atoms with Crippen LogP contribution in [-0.2, 0) is 16.1 Å². The Labute approximate surface area is 132 Å². The summed E-state index contributed by atoms with van der Waals surface area (Å²) in [4.78, 5) is 34.8. The fourth-order valence-corrected chi connectivity index (χ4v) is 1.77. The lowest BCUT2D eigenvalue weighted by molar-refractivity contribution is -0.123. The molecule has 1 heterocycles. The van der Waals surface area contributed by atoms with Crippen molar-refractivity contribution in [2.24, 2.45) is 0 Å². The molecule has 0 aliphatic heterocycles. The number of nitrogens with one attached hydrogen (secondary N) is 2. The van der Waals surface area contributed by atoms with Gasteiger partial charge in [-0.2, -0.15) is 0 Å². The molecule has 1 aromatic carbocycles. The van der Waals surface area contributed by atoms with Crippen molar-refractivity contribution in [1.29, 1.82) is 0 Å². The van der Waals surface area contributed by atoms with Crippen LogP contribution in [0, 0.1) is 6.92 Å². The van der Waals surface area contributed by atoms with Gasteiger partial charge in [-0.1, -0.05) is 17.7 Å². The smallest absolute Gasteiger partial charge is 0.338 e. The van der Waals surface area contributed by atoms with E-state index in [1.165, 1.54) is 6.26 Å². The second-order valence-corrected chi connectivity index (χ2v) is 4.76. The third-order valence-corrected chi connectivity index (χ3v) is 2.84. The second-order valence-electron chi connectivity index (χ2n) is 4.76. The van der Waals surface area contributed by atoms with Gasteiger partial charge in [-0.25, -0.2) is 9.59 Å². The molecule has 0 atom stereocenters. The first-order chi connectivity index (χ1) is 11.0. The van der Waals surface area contributed by atoms with Crippen molar-refractivity contribution >= 4 is 17.9 Å². The molecule has 1 aromatic heterocycles. The minimum atomic E-state index is -0.719. The van der Waals surface area contributed by atoms with Gasteiger partial charge in [0.1, 0.15) is 5.76 Å². The summed E-state index contributed by atoms with van der Waals surface area (Å²) in [5.41, 5.74) is 1.25. The highest BCUT2D eigenvalue weighted by atomic mass is 16.5. The third kappa shape index (κ3) is 5.31. The van der Waals surface area contributed by atoms with Gasteiger partial charge < -0.3 is 14.5 Å². The summed E-state index contributed by atoms with van der Waals surface area (Å²) in [5.74, 6) is -0.790. The average Bonchev–Trinajstić information content (AvgIpc) is 3.04. The van der Waals surface area contributed by atoms with Crippen LogP contribution in [0.5, 0.6) is 0 Å². The standard InChI is InChI=1S/C16H16N2O5/c1-11-4-2-5-12(8-11)15(20)23-10-14(19)18-16(21)17-9-13-6-3-7-22-13/h2-8H,9-10H2,1H3,(H2,17,18,19,21). The summed E-state index contributed by atoms with van der Waals surface area (Å²) in [7, 11) is 0. The minimum Gasteiger partial charge on any atom is -0.467 e. The van der Waals surface area contributed by atoms with Gasteiger partial charge in [-0.3, -0.25) is 10.1 Å². The summed E-state index contributed by atoms with van der Waals surface area (Å²) in [6, 6.07) is 9.47. The molecular weight excluding hydrogens is 300 g/mol. The van der Waals surface area contributed by atoms with E-state index >= 15 is 0 Å². The van der Waals surface area contributed by atoms with Gasteiger partial charge in [0.05, 0.1) is 18.4 Å². The Balaban J connectivity index is 1.72. The van der Waals surface area contributed by atoms with E-state index in [-0.39, 0.29) is 6.54 Å². The van der Waals surface area contributed by atoms with Gasteiger partial charge in [0, 0.05) is 0 Å². The topological polar surface area (TPSA) is 97.6 Å². The molecule has 3 amide bonds. The second kappa shape index (κ2) is 7.79. The molecule has 2 N–H and O–H groups in total. The molecule has 7 heteroatoms. The molecule has 0 saturated heterocycles. The normalized spacial score (nSPS) is 9.96. The number of furan rings is 1. The van der Waals surface area contributed by atoms with Crippen LogP contribution in [0.25, 0.3) is 0 Å². The first-order valence-electron chi connectivity index (χ1n) is 6.88. The third-order valence-electron chi connectivity index (χ3n) is 2.84. The Hall–Kier alpha value is -3.09. The van der Waals surface area contributed by atoms with Crippen LogP contribution < -0.4 is 10.6 Å². The molecule has 0 radical (unpaired) electrons. The van der Waals surface area contributed by atoms with Crippen LogP contribution in [0.1, 0.15) is 21.7 Å². The zero-order valence-electron chi connectivity index (χ0n) is 12.5. The highest BCUT2D eigenvalue weighted by Crippen LogP contribution is 2.05. The van der Waals surface area contributed by atoms with Gasteiger partial charge in [0.25, 0.3) is 5.91 Å². The molecule has 0 fully saturated rings. The number of benzene rings is 1. The van der Waals surface area contributed by atoms with E-state index in [9.17, 15) is 14.4 Å². The molecule has 2 aromatic rings. The lowest BCUT2D eigenvalue weighted by Gasteiger charge is -2.07. The summed E-state index contributed by atoms with van der Waals surface area (Å²) < 4.78 is 9.88. The van der Waals surface area contributed by atoms with Gasteiger partial charge in [-0.15, -0.1) is 0 Å². The molecule has 0 saturated carbocycles. The summed E-state index contributed by atoms with van der Waals surface area (Å²) in [6.45, 7) is 1.45. The fraction of sp³-hybridized carbons (Fsp3) is 0.188. The van der Waals surface area contributed by atoms with Crippen LogP contribution in [0.2, 0.25) is 0 Å². The van der Waals surface area contributed by atoms with Gasteiger partial charge in [0.2, 0.25) is 0 Å². The van der Waals surface area contributed by atoms with Crippen LogP contribution in [-0.4, -0.2) is 24.5 Å². The molecule has 0 aliphatic carbocycles. The Morgan fingerprint density at radius 3 is 2.70 bits per heavy atom. The van der Waals surface area contributed by atoms with Crippen molar-refractivity contribution in [2.75, 3.05) is 6.61 Å². The molecule has 0 bridgehead atoms. The number of carbonyl (C=O) groups excluding carboxylic acids is 3. The van der Waals surface area contributed by atoms with Crippen LogP contribution in [0.4, 0.5) is 4.79 Å². The largest absolute Gasteiger partial charge is 0.467 e. The summed E-state index contributed by atoms with van der Waals surface area (Å²) in [6.07, 6.45) is 1.48. The van der Waals surface area contributed by atoms with Crippen molar-refractivity contribution in [2.45, 2.75) is 13.5 Å². The zero-order valence-corrected chi connectivity index (χ0v) is 12.5. The minimum absolute atomic E-state index is 0.148. The van der Waals surface area contributed by atoms with E-state index in [4.69, 9.17) is 9.15 Å². The predicted octanol–water partition coefficient (Wildman–Crippen LogP) is 1.77. The predicted molar refractivity (Wildman–Crippen MR) is 80.5 cm³/mol. The van der Waals surface area contributed by atoms with Crippen molar-refractivity contribution in [1.82, 2.24) is 10.6 Å². The lowest BCUT2D eigenvalue weighted by atomic mass is 10.1. The number of imide groups is 1. The molecule has 0 unspecified atom stereocenters. The maximum atomic E-state index is 11.8. The fourth-order valence-electron chi connectivity index (χ4n) is 1.77. The molecule has 23 heavy (non-hydrogen) atoms. The lowest BCUT2D eigenvalue weighted by Crippen LogP contribution is -2.41. The number of hydrogen-bond acceptors (Lipinski definition) is 5. The quantitative estimate of drug-likeness (QED) is 0.819. The average molecular weight is 316 g/mol. The van der Waals surface area contributed by atoms with Crippen molar-refractivity contribution in [3.05, 3.63) is 59.5 Å². The first-order valence-corrected chi connectivity index (χ1v) is 6.88. The van der Waals surface area contributed by atoms with E-state index < -0.39 is 24.5 Å². The van der Waals surface area contributed by atoms with Gasteiger partial charge >= 0.3 is 12.0 Å². The van der Waals surface area contributed by atoms with Gasteiger partial charge in [0.15, 0.2) is 6.61 Å². The zero-order chi connectivity index (χ0) is 16.7. The SMILES string of the molecule is Cc1cccc(C(=O)OCC(=O)NC(=O)NCc2ccco2)c1. The molecule has 120 valence electrons. The highest BCUT2D eigenvalue weighted by Gasteiger charge is 2.12. The number of urea groups is 1. The Morgan fingerprint density at radius 2 is 2.00 bits per heavy atom. The maximum absolute atomic E-state index is 11.8. The van der Waals surface area contributed by atoms with E-state index in [2.05, 4.69) is 10.6 Å². The summed E-state index contributed by atoms with van der Waals surface area (Å²) in [5, 5.41) is 4.49. The van der Waals surface area contributed by atoms with Crippen LogP contribution >= 0.6 is 0 Å². The molecule has 7 nitrogen and oxygen atoms in total. The number of ether oxygens (including phenoxy) is 1. The number of amides is 3. The number of hydrogen-bond donors (Lipinski definition) is 2. The Morgan fingerprint density at radius 1 is 1.17 bits per heavy atom. The number of rotatable bonds is 5. The Kier molecular flexibility index (Phi) is 5.51. The van der Waals surface area contributed by atoms with E-state index in [0.717, 1.165) is 5.56 Å². The molecular formula is C16H16N2O5. The first kappa shape index (κ1) is 16.3. The molecule has 0 aliphatic rings. The van der Waals surface area contributed by atoms with Crippen molar-refractivity contribution < 1.29 is 23.5 Å². The summed E-state index contributed by atoms with van der Waals surface area (Å²) >= 11 is 0. The van der Waals surface area contributed by atoms with E-state index in [1.807, 2.05) is 13.0 Å². The number of esters is 1. The van der Waals surface area contributed by atoms with Crippen molar-refractivity contribution in [3.63, 3.8) is 0 Å². The molecule has 0 spiro atoms. The van der Waals surface area contributed by atoms with E-state index in [1.54, 1.807) is 30.3 Å². The van der Waals surface area contributed by atoms with Crippen molar-refractivity contribution in [3.8, 4) is 0 Å². The van der Waals surface area contributed by atoms with Crippen LogP contribution in [0.15, 0.2) is 47.1 Å². The Bertz CT molecular complexity index is 694. The van der Waals surface area contributed by atoms with E-state index in [0.29, 0.717) is 11.3 Å².